The minimum Gasteiger partial charge on any atom is -0.487 e. The Morgan fingerprint density at radius 2 is 2.00 bits per heavy atom. The van der Waals surface area contributed by atoms with Crippen LogP contribution in [-0.4, -0.2) is 24.0 Å². The first-order valence-electron chi connectivity index (χ1n) is 4.12. The van der Waals surface area contributed by atoms with Crippen molar-refractivity contribution in [2.45, 2.75) is 25.9 Å². The molecule has 2 aliphatic heterocycles. The van der Waals surface area contributed by atoms with Crippen molar-refractivity contribution in [3.63, 3.8) is 0 Å². The van der Waals surface area contributed by atoms with Crippen LogP contribution >= 0.6 is 0 Å². The topological polar surface area (TPSA) is 52.6 Å². The van der Waals surface area contributed by atoms with Gasteiger partial charge in [0.2, 0.25) is 0 Å². The standard InChI is InChI=1S/C9H10O4/c1-9(2)3-5(10)7-6(13-9)4-12-8(7)11/h3-4H2,1-2H3. The Morgan fingerprint density at radius 1 is 1.31 bits per heavy atom. The summed E-state index contributed by atoms with van der Waals surface area (Å²) < 4.78 is 10.2. The number of cyclic esters (lactones) is 1. The monoisotopic (exact) mass is 182 g/mol. The Hall–Kier alpha value is -1.32. The minimum atomic E-state index is -0.546. The molecule has 0 unspecified atom stereocenters. The molecule has 0 fully saturated rings. The van der Waals surface area contributed by atoms with Crippen LogP contribution in [0.1, 0.15) is 20.3 Å². The Morgan fingerprint density at radius 3 is 2.69 bits per heavy atom. The lowest BCUT2D eigenvalue weighted by molar-refractivity contribution is -0.137. The normalized spacial score (nSPS) is 25.4. The van der Waals surface area contributed by atoms with Crippen molar-refractivity contribution in [2.75, 3.05) is 6.61 Å². The zero-order valence-electron chi connectivity index (χ0n) is 7.55. The summed E-state index contributed by atoms with van der Waals surface area (Å²) in [6.07, 6.45) is 0.237. The van der Waals surface area contributed by atoms with E-state index in [9.17, 15) is 9.59 Å². The third kappa shape index (κ3) is 1.22. The molecule has 2 rings (SSSR count). The van der Waals surface area contributed by atoms with Gasteiger partial charge in [0.25, 0.3) is 0 Å². The van der Waals surface area contributed by atoms with Crippen molar-refractivity contribution in [3.05, 3.63) is 11.3 Å². The van der Waals surface area contributed by atoms with Crippen LogP contribution in [-0.2, 0) is 19.1 Å². The molecule has 0 atom stereocenters. The summed E-state index contributed by atoms with van der Waals surface area (Å²) in [6.45, 7) is 3.73. The molecule has 0 radical (unpaired) electrons. The highest BCUT2D eigenvalue weighted by Crippen LogP contribution is 2.32. The molecule has 0 saturated carbocycles. The van der Waals surface area contributed by atoms with Gasteiger partial charge in [-0.05, 0) is 13.8 Å². The molecule has 13 heavy (non-hydrogen) atoms. The minimum absolute atomic E-state index is 0.101. The van der Waals surface area contributed by atoms with E-state index in [0.29, 0.717) is 5.76 Å². The van der Waals surface area contributed by atoms with Crippen LogP contribution in [0.4, 0.5) is 0 Å². The maximum Gasteiger partial charge on any atom is 0.345 e. The summed E-state index contributed by atoms with van der Waals surface area (Å²) in [5.74, 6) is -0.324. The van der Waals surface area contributed by atoms with E-state index in [2.05, 4.69) is 0 Å². The largest absolute Gasteiger partial charge is 0.487 e. The first kappa shape index (κ1) is 8.29. The van der Waals surface area contributed by atoms with Crippen LogP contribution < -0.4 is 0 Å². The maximum absolute atomic E-state index is 11.5. The number of ketones is 1. The third-order valence-corrected chi connectivity index (χ3v) is 2.08. The van der Waals surface area contributed by atoms with Gasteiger partial charge in [-0.25, -0.2) is 4.79 Å². The molecular weight excluding hydrogens is 172 g/mol. The van der Waals surface area contributed by atoms with Gasteiger partial charge in [0.05, 0.1) is 6.42 Å². The summed E-state index contributed by atoms with van der Waals surface area (Å²) in [7, 11) is 0. The summed E-state index contributed by atoms with van der Waals surface area (Å²) in [5, 5.41) is 0. The lowest BCUT2D eigenvalue weighted by atomic mass is 9.94. The molecule has 0 aromatic rings. The number of ether oxygens (including phenoxy) is 2. The molecule has 0 aliphatic carbocycles. The summed E-state index contributed by atoms with van der Waals surface area (Å²) in [4.78, 5) is 22.5. The first-order chi connectivity index (χ1) is 5.99. The van der Waals surface area contributed by atoms with E-state index in [1.54, 1.807) is 0 Å². The van der Waals surface area contributed by atoms with E-state index in [1.807, 2.05) is 13.8 Å². The van der Waals surface area contributed by atoms with E-state index in [4.69, 9.17) is 9.47 Å². The fourth-order valence-corrected chi connectivity index (χ4v) is 1.58. The van der Waals surface area contributed by atoms with Crippen molar-refractivity contribution in [1.82, 2.24) is 0 Å². The fourth-order valence-electron chi connectivity index (χ4n) is 1.58. The molecule has 0 aromatic heterocycles. The van der Waals surface area contributed by atoms with Gasteiger partial charge in [-0.2, -0.15) is 0 Å². The van der Waals surface area contributed by atoms with Crippen molar-refractivity contribution >= 4 is 11.8 Å². The lowest BCUT2D eigenvalue weighted by Gasteiger charge is -2.29. The first-order valence-corrected chi connectivity index (χ1v) is 4.12. The van der Waals surface area contributed by atoms with Crippen molar-refractivity contribution < 1.29 is 19.1 Å². The molecule has 0 saturated heterocycles. The van der Waals surface area contributed by atoms with E-state index in [-0.39, 0.29) is 24.4 Å². The van der Waals surface area contributed by atoms with Gasteiger partial charge in [0.15, 0.2) is 11.5 Å². The second-order valence-electron chi connectivity index (χ2n) is 3.84. The van der Waals surface area contributed by atoms with Crippen LogP contribution in [0.2, 0.25) is 0 Å². The fraction of sp³-hybridized carbons (Fsp3) is 0.556. The Balaban J connectivity index is 2.40. The summed E-state index contributed by atoms with van der Waals surface area (Å²) in [6, 6.07) is 0. The lowest BCUT2D eigenvalue weighted by Crippen LogP contribution is -2.34. The quantitative estimate of drug-likeness (QED) is 0.406. The van der Waals surface area contributed by atoms with Gasteiger partial charge in [-0.15, -0.1) is 0 Å². The number of hydrogen-bond donors (Lipinski definition) is 0. The average molecular weight is 182 g/mol. The smallest absolute Gasteiger partial charge is 0.345 e. The van der Waals surface area contributed by atoms with Crippen molar-refractivity contribution in [2.24, 2.45) is 0 Å². The molecule has 0 spiro atoms. The molecule has 0 aromatic carbocycles. The van der Waals surface area contributed by atoms with Gasteiger partial charge in [0.1, 0.15) is 17.8 Å². The SMILES string of the molecule is CC1(C)CC(=O)C2=C(COC2=O)O1. The van der Waals surface area contributed by atoms with E-state index >= 15 is 0 Å². The third-order valence-electron chi connectivity index (χ3n) is 2.08. The van der Waals surface area contributed by atoms with Gasteiger partial charge < -0.3 is 9.47 Å². The van der Waals surface area contributed by atoms with Gasteiger partial charge in [-0.1, -0.05) is 0 Å². The van der Waals surface area contributed by atoms with Crippen LogP contribution in [0.15, 0.2) is 11.3 Å². The summed E-state index contributed by atoms with van der Waals surface area (Å²) in [5.41, 5.74) is -0.400. The second kappa shape index (κ2) is 2.34. The maximum atomic E-state index is 11.5. The number of carbonyl (C=O) groups is 2. The van der Waals surface area contributed by atoms with Gasteiger partial charge in [-0.3, -0.25) is 4.79 Å². The number of hydrogen-bond acceptors (Lipinski definition) is 4. The molecular formula is C9H10O4. The zero-order chi connectivity index (χ0) is 9.64. The highest BCUT2D eigenvalue weighted by atomic mass is 16.6. The van der Waals surface area contributed by atoms with Crippen molar-refractivity contribution in [3.8, 4) is 0 Å². The number of esters is 1. The Labute approximate surface area is 75.5 Å². The number of rotatable bonds is 0. The number of Topliss-reactive ketones (excluding diaryl/α,β-unsaturated/α-hetero) is 1. The molecule has 0 bridgehead atoms. The molecule has 4 heteroatoms. The number of carbonyl (C=O) groups excluding carboxylic acids is 2. The second-order valence-corrected chi connectivity index (χ2v) is 3.84. The molecule has 2 heterocycles. The summed E-state index contributed by atoms with van der Waals surface area (Å²) >= 11 is 0. The van der Waals surface area contributed by atoms with Crippen LogP contribution in [0.3, 0.4) is 0 Å². The molecule has 0 amide bonds. The Bertz CT molecular complexity index is 325. The predicted molar refractivity (Wildman–Crippen MR) is 42.8 cm³/mol. The molecule has 0 N–H and O–H groups in total. The van der Waals surface area contributed by atoms with Crippen LogP contribution in [0, 0.1) is 0 Å². The predicted octanol–water partition coefficient (Wildman–Crippen LogP) is 0.565. The van der Waals surface area contributed by atoms with Crippen LogP contribution in [0.5, 0.6) is 0 Å². The van der Waals surface area contributed by atoms with E-state index in [0.717, 1.165) is 0 Å². The molecule has 70 valence electrons. The van der Waals surface area contributed by atoms with E-state index in [1.165, 1.54) is 0 Å². The molecule has 4 nitrogen and oxygen atoms in total. The van der Waals surface area contributed by atoms with Crippen LogP contribution in [0.25, 0.3) is 0 Å². The highest BCUT2D eigenvalue weighted by molar-refractivity contribution is 6.19. The Kier molecular flexibility index (Phi) is 1.49. The molecule has 2 aliphatic rings. The van der Waals surface area contributed by atoms with Gasteiger partial charge >= 0.3 is 5.97 Å². The average Bonchev–Trinajstić information content (AvgIpc) is 2.28. The highest BCUT2D eigenvalue weighted by Gasteiger charge is 2.41. The van der Waals surface area contributed by atoms with Gasteiger partial charge in [0, 0.05) is 0 Å². The zero-order valence-corrected chi connectivity index (χ0v) is 7.55. The van der Waals surface area contributed by atoms with E-state index < -0.39 is 11.6 Å². The van der Waals surface area contributed by atoms with Crippen molar-refractivity contribution in [1.29, 1.82) is 0 Å².